The molecule has 8 heteroatoms. The molecule has 0 bridgehead atoms. The number of carbonyl (C=O) groups excluding carboxylic acids is 2. The van der Waals surface area contributed by atoms with Crippen molar-refractivity contribution >= 4 is 17.5 Å². The quantitative estimate of drug-likeness (QED) is 0.625. The van der Waals surface area contributed by atoms with Crippen molar-refractivity contribution in [2.45, 2.75) is 12.8 Å². The summed E-state index contributed by atoms with van der Waals surface area (Å²) in [5, 5.41) is 17.0. The second-order valence-corrected chi connectivity index (χ2v) is 5.98. The smallest absolute Gasteiger partial charge is 0.251 e. The Morgan fingerprint density at radius 3 is 2.63 bits per heavy atom. The first-order valence-electron chi connectivity index (χ1n) is 8.59. The van der Waals surface area contributed by atoms with Crippen molar-refractivity contribution in [3.63, 3.8) is 0 Å². The molecule has 0 radical (unpaired) electrons. The summed E-state index contributed by atoms with van der Waals surface area (Å²) < 4.78 is 1.57. The van der Waals surface area contributed by atoms with E-state index in [2.05, 4.69) is 26.2 Å². The summed E-state index contributed by atoms with van der Waals surface area (Å²) in [5.74, 6) is 0.368. The molecule has 27 heavy (non-hydrogen) atoms. The van der Waals surface area contributed by atoms with Gasteiger partial charge in [-0.1, -0.05) is 30.3 Å². The first-order valence-corrected chi connectivity index (χ1v) is 8.59. The van der Waals surface area contributed by atoms with Gasteiger partial charge in [0, 0.05) is 36.8 Å². The van der Waals surface area contributed by atoms with Gasteiger partial charge in [-0.2, -0.15) is 0 Å². The van der Waals surface area contributed by atoms with E-state index in [4.69, 9.17) is 0 Å². The largest absolute Gasteiger partial charge is 0.352 e. The van der Waals surface area contributed by atoms with Crippen molar-refractivity contribution in [2.75, 3.05) is 11.9 Å². The van der Waals surface area contributed by atoms with Gasteiger partial charge in [0.15, 0.2) is 5.82 Å². The molecule has 0 saturated carbocycles. The van der Waals surface area contributed by atoms with Crippen molar-refractivity contribution in [3.8, 4) is 11.4 Å². The molecule has 0 saturated heterocycles. The van der Waals surface area contributed by atoms with E-state index < -0.39 is 0 Å². The number of nitrogens with one attached hydrogen (secondary N) is 2. The first kappa shape index (κ1) is 18.2. The molecule has 0 atom stereocenters. The summed E-state index contributed by atoms with van der Waals surface area (Å²) in [6, 6.07) is 16.3. The fourth-order valence-electron chi connectivity index (χ4n) is 2.58. The van der Waals surface area contributed by atoms with Crippen LogP contribution in [0.5, 0.6) is 0 Å². The third kappa shape index (κ3) is 4.97. The van der Waals surface area contributed by atoms with Crippen molar-refractivity contribution < 1.29 is 9.59 Å². The van der Waals surface area contributed by atoms with E-state index in [1.165, 1.54) is 0 Å². The number of aromatic nitrogens is 4. The Bertz CT molecular complexity index is 923. The lowest BCUT2D eigenvalue weighted by atomic mass is 10.2. The lowest BCUT2D eigenvalue weighted by Gasteiger charge is -2.08. The van der Waals surface area contributed by atoms with E-state index in [1.54, 1.807) is 23.9 Å². The lowest BCUT2D eigenvalue weighted by Crippen LogP contribution is -2.25. The molecule has 3 aromatic rings. The fourth-order valence-corrected chi connectivity index (χ4v) is 2.58. The highest BCUT2D eigenvalue weighted by Crippen LogP contribution is 2.19. The number of nitrogens with zero attached hydrogens (tertiary/aromatic N) is 4. The number of tetrazole rings is 1. The van der Waals surface area contributed by atoms with Gasteiger partial charge >= 0.3 is 0 Å². The predicted molar refractivity (Wildman–Crippen MR) is 101 cm³/mol. The van der Waals surface area contributed by atoms with Crippen molar-refractivity contribution in [3.05, 3.63) is 60.2 Å². The van der Waals surface area contributed by atoms with Crippen molar-refractivity contribution in [1.82, 2.24) is 25.5 Å². The molecule has 0 spiro atoms. The van der Waals surface area contributed by atoms with Gasteiger partial charge in [-0.3, -0.25) is 9.59 Å². The minimum atomic E-state index is -0.138. The molecular weight excluding hydrogens is 344 g/mol. The third-order valence-corrected chi connectivity index (χ3v) is 3.93. The molecule has 2 aromatic carbocycles. The van der Waals surface area contributed by atoms with Gasteiger partial charge in [-0.15, -0.1) is 5.10 Å². The zero-order valence-electron chi connectivity index (χ0n) is 14.9. The van der Waals surface area contributed by atoms with E-state index in [0.29, 0.717) is 36.5 Å². The molecule has 3 rings (SSSR count). The molecule has 0 aliphatic heterocycles. The van der Waals surface area contributed by atoms with Gasteiger partial charge in [0.2, 0.25) is 5.91 Å². The zero-order valence-corrected chi connectivity index (χ0v) is 14.9. The molecule has 1 aromatic heterocycles. The van der Waals surface area contributed by atoms with Crippen LogP contribution in [0.1, 0.15) is 23.2 Å². The van der Waals surface area contributed by atoms with E-state index in [-0.39, 0.29) is 11.8 Å². The van der Waals surface area contributed by atoms with E-state index in [1.807, 2.05) is 42.5 Å². The Morgan fingerprint density at radius 2 is 1.89 bits per heavy atom. The van der Waals surface area contributed by atoms with Crippen LogP contribution in [0.2, 0.25) is 0 Å². The monoisotopic (exact) mass is 364 g/mol. The summed E-state index contributed by atoms with van der Waals surface area (Å²) in [7, 11) is 1.75. The Labute approximate surface area is 156 Å². The molecular formula is C19H20N6O2. The minimum absolute atomic E-state index is 0.114. The number of benzene rings is 2. The number of amides is 2. The summed E-state index contributed by atoms with van der Waals surface area (Å²) in [6.45, 7) is 0.436. The number of aryl methyl sites for hydroxylation is 1. The van der Waals surface area contributed by atoms with Gasteiger partial charge in [0.1, 0.15) is 0 Å². The molecule has 0 unspecified atom stereocenters. The van der Waals surface area contributed by atoms with Crippen molar-refractivity contribution in [1.29, 1.82) is 0 Å². The number of rotatable bonds is 7. The maximum atomic E-state index is 12.1. The topological polar surface area (TPSA) is 102 Å². The highest BCUT2D eigenvalue weighted by molar-refractivity contribution is 5.94. The SMILES string of the molecule is Cn1nnnc1-c1cccc(NC(=O)CCCNC(=O)c2ccccc2)c1. The Hall–Kier alpha value is -3.55. The van der Waals surface area contributed by atoms with E-state index in [0.717, 1.165) is 5.56 Å². The summed E-state index contributed by atoms with van der Waals surface area (Å²) >= 11 is 0. The van der Waals surface area contributed by atoms with Gasteiger partial charge < -0.3 is 10.6 Å². The summed E-state index contributed by atoms with van der Waals surface area (Å²) in [4.78, 5) is 24.1. The van der Waals surface area contributed by atoms with Crippen LogP contribution >= 0.6 is 0 Å². The van der Waals surface area contributed by atoms with Crippen LogP contribution in [-0.2, 0) is 11.8 Å². The number of hydrogen-bond acceptors (Lipinski definition) is 5. The molecule has 138 valence electrons. The molecule has 1 heterocycles. The molecule has 0 aliphatic rings. The maximum Gasteiger partial charge on any atom is 0.251 e. The molecule has 2 N–H and O–H groups in total. The average molecular weight is 364 g/mol. The van der Waals surface area contributed by atoms with Crippen LogP contribution in [0.3, 0.4) is 0 Å². The Balaban J connectivity index is 1.46. The molecule has 0 fully saturated rings. The van der Waals surface area contributed by atoms with Gasteiger partial charge in [-0.25, -0.2) is 4.68 Å². The second-order valence-electron chi connectivity index (χ2n) is 5.98. The third-order valence-electron chi connectivity index (χ3n) is 3.93. The first-order chi connectivity index (χ1) is 13.1. The highest BCUT2D eigenvalue weighted by Gasteiger charge is 2.09. The van der Waals surface area contributed by atoms with Crippen LogP contribution in [0.25, 0.3) is 11.4 Å². The Kier molecular flexibility index (Phi) is 5.88. The normalized spacial score (nSPS) is 10.4. The predicted octanol–water partition coefficient (Wildman–Crippen LogP) is 2.03. The molecule has 0 aliphatic carbocycles. The lowest BCUT2D eigenvalue weighted by molar-refractivity contribution is -0.116. The van der Waals surface area contributed by atoms with E-state index >= 15 is 0 Å². The molecule has 2 amide bonds. The standard InChI is InChI=1S/C19H20N6O2/c1-25-18(22-23-24-25)15-9-5-10-16(13-15)21-17(26)11-6-12-20-19(27)14-7-3-2-4-8-14/h2-5,7-10,13H,6,11-12H2,1H3,(H,20,27)(H,21,26). The average Bonchev–Trinajstić information content (AvgIpc) is 3.12. The zero-order chi connectivity index (χ0) is 19.1. The van der Waals surface area contributed by atoms with Gasteiger partial charge in [0.05, 0.1) is 0 Å². The van der Waals surface area contributed by atoms with Crippen LogP contribution in [0.4, 0.5) is 5.69 Å². The molecule has 8 nitrogen and oxygen atoms in total. The van der Waals surface area contributed by atoms with Gasteiger partial charge in [-0.05, 0) is 41.1 Å². The summed E-state index contributed by atoms with van der Waals surface area (Å²) in [5.41, 5.74) is 2.10. The minimum Gasteiger partial charge on any atom is -0.352 e. The van der Waals surface area contributed by atoms with Crippen molar-refractivity contribution in [2.24, 2.45) is 7.05 Å². The van der Waals surface area contributed by atoms with Crippen LogP contribution in [-0.4, -0.2) is 38.6 Å². The maximum absolute atomic E-state index is 12.1. The number of hydrogen-bond donors (Lipinski definition) is 2. The summed E-state index contributed by atoms with van der Waals surface area (Å²) in [6.07, 6.45) is 0.863. The number of anilines is 1. The van der Waals surface area contributed by atoms with Crippen LogP contribution in [0, 0.1) is 0 Å². The van der Waals surface area contributed by atoms with Gasteiger partial charge in [0.25, 0.3) is 5.91 Å². The van der Waals surface area contributed by atoms with Crippen LogP contribution < -0.4 is 10.6 Å². The second kappa shape index (κ2) is 8.70. The number of carbonyl (C=O) groups is 2. The fraction of sp³-hybridized carbons (Fsp3) is 0.211. The highest BCUT2D eigenvalue weighted by atomic mass is 16.2. The van der Waals surface area contributed by atoms with Crippen LogP contribution in [0.15, 0.2) is 54.6 Å². The van der Waals surface area contributed by atoms with E-state index in [9.17, 15) is 9.59 Å². The Morgan fingerprint density at radius 1 is 1.07 bits per heavy atom.